The van der Waals surface area contributed by atoms with E-state index in [2.05, 4.69) is 46.7 Å². The van der Waals surface area contributed by atoms with Crippen LogP contribution in [0.2, 0.25) is 18.1 Å². The van der Waals surface area contributed by atoms with Crippen molar-refractivity contribution in [2.45, 2.75) is 78.1 Å². The lowest BCUT2D eigenvalue weighted by Gasteiger charge is -2.47. The molecule has 0 aliphatic heterocycles. The standard InChI is InChI=1S/C21H34O4Si/c1-9-10-24-19(23)17-13-15-12-16(25-26(7,8)20(3,4)5)11-14(2)21(15,6)18(17)22/h1,14-17H,10-13H2,2-8H3/t14-,15+,16+,17?,21+/m1/s1. The summed E-state index contributed by atoms with van der Waals surface area (Å²) in [6, 6.07) is 0. The highest BCUT2D eigenvalue weighted by Gasteiger charge is 2.59. The number of Topliss-reactive ketones (excluding diaryl/α,β-unsaturated/α-hetero) is 1. The van der Waals surface area contributed by atoms with Crippen LogP contribution in [0.1, 0.15) is 53.9 Å². The Morgan fingerprint density at radius 1 is 1.31 bits per heavy atom. The van der Waals surface area contributed by atoms with Crippen molar-refractivity contribution in [3.05, 3.63) is 0 Å². The number of ether oxygens (including phenoxy) is 1. The quantitative estimate of drug-likeness (QED) is 0.318. The predicted molar refractivity (Wildman–Crippen MR) is 105 cm³/mol. The molecule has 0 spiro atoms. The second-order valence-electron chi connectivity index (χ2n) is 9.82. The van der Waals surface area contributed by atoms with E-state index >= 15 is 0 Å². The fourth-order valence-electron chi connectivity index (χ4n) is 4.36. The summed E-state index contributed by atoms with van der Waals surface area (Å²) in [4.78, 5) is 25.3. The highest BCUT2D eigenvalue weighted by molar-refractivity contribution is 6.74. The van der Waals surface area contributed by atoms with Gasteiger partial charge in [0.1, 0.15) is 5.92 Å². The first-order valence-corrected chi connectivity index (χ1v) is 12.6. The summed E-state index contributed by atoms with van der Waals surface area (Å²) < 4.78 is 11.7. The SMILES string of the molecule is C#CCOC(=O)C1C[C@@H]2C[C@@H](O[Si](C)(C)C(C)(C)C)C[C@@H](C)[C@]2(C)C1=O. The third-order valence-corrected chi connectivity index (χ3v) is 11.8. The molecule has 26 heavy (non-hydrogen) atoms. The maximum atomic E-state index is 13.0. The molecule has 2 saturated carbocycles. The Balaban J connectivity index is 2.16. The van der Waals surface area contributed by atoms with Gasteiger partial charge in [-0.05, 0) is 49.2 Å². The van der Waals surface area contributed by atoms with Crippen LogP contribution < -0.4 is 0 Å². The number of carbonyl (C=O) groups excluding carboxylic acids is 2. The third-order valence-electron chi connectivity index (χ3n) is 7.25. The molecular weight excluding hydrogens is 344 g/mol. The van der Waals surface area contributed by atoms with E-state index in [1.165, 1.54) is 0 Å². The van der Waals surface area contributed by atoms with E-state index in [-0.39, 0.29) is 35.4 Å². The summed E-state index contributed by atoms with van der Waals surface area (Å²) in [6.45, 7) is 15.3. The van der Waals surface area contributed by atoms with Crippen molar-refractivity contribution < 1.29 is 18.8 Å². The second kappa shape index (κ2) is 7.13. The topological polar surface area (TPSA) is 52.6 Å². The van der Waals surface area contributed by atoms with Gasteiger partial charge in [-0.3, -0.25) is 9.59 Å². The van der Waals surface area contributed by atoms with Crippen LogP contribution in [0.15, 0.2) is 0 Å². The van der Waals surface area contributed by atoms with Crippen molar-refractivity contribution in [2.24, 2.45) is 23.2 Å². The van der Waals surface area contributed by atoms with Crippen molar-refractivity contribution in [2.75, 3.05) is 6.61 Å². The maximum absolute atomic E-state index is 13.0. The molecule has 0 amide bonds. The summed E-state index contributed by atoms with van der Waals surface area (Å²) in [5, 5.41) is 0.157. The van der Waals surface area contributed by atoms with Crippen LogP contribution in [0, 0.1) is 35.5 Å². The minimum atomic E-state index is -1.86. The van der Waals surface area contributed by atoms with Gasteiger partial charge in [-0.2, -0.15) is 0 Å². The van der Waals surface area contributed by atoms with Gasteiger partial charge in [-0.25, -0.2) is 0 Å². The Labute approximate surface area is 159 Å². The van der Waals surface area contributed by atoms with Gasteiger partial charge in [-0.1, -0.05) is 40.5 Å². The van der Waals surface area contributed by atoms with Gasteiger partial charge >= 0.3 is 5.97 Å². The molecule has 5 atom stereocenters. The lowest BCUT2D eigenvalue weighted by atomic mass is 9.62. The molecule has 2 aliphatic carbocycles. The molecule has 0 N–H and O–H groups in total. The van der Waals surface area contributed by atoms with E-state index in [0.29, 0.717) is 6.42 Å². The molecule has 5 heteroatoms. The Morgan fingerprint density at radius 3 is 2.46 bits per heavy atom. The lowest BCUT2D eigenvalue weighted by molar-refractivity contribution is -0.151. The average Bonchev–Trinajstić information content (AvgIpc) is 2.77. The highest BCUT2D eigenvalue weighted by Crippen LogP contribution is 2.56. The van der Waals surface area contributed by atoms with E-state index < -0.39 is 25.6 Å². The normalized spacial score (nSPS) is 34.9. The van der Waals surface area contributed by atoms with Crippen LogP contribution in [0.25, 0.3) is 0 Å². The number of hydrogen-bond donors (Lipinski definition) is 0. The van der Waals surface area contributed by atoms with Crippen LogP contribution in [0.5, 0.6) is 0 Å². The Kier molecular flexibility index (Phi) is 5.80. The van der Waals surface area contributed by atoms with Crippen molar-refractivity contribution in [1.29, 1.82) is 0 Å². The number of esters is 1. The van der Waals surface area contributed by atoms with E-state index in [0.717, 1.165) is 12.8 Å². The second-order valence-corrected chi connectivity index (χ2v) is 14.6. The minimum Gasteiger partial charge on any atom is -0.452 e. The largest absolute Gasteiger partial charge is 0.452 e. The van der Waals surface area contributed by atoms with Gasteiger partial charge in [0, 0.05) is 11.5 Å². The summed E-state index contributed by atoms with van der Waals surface area (Å²) in [5.41, 5.74) is -0.465. The molecule has 4 nitrogen and oxygen atoms in total. The highest BCUT2D eigenvalue weighted by atomic mass is 28.4. The maximum Gasteiger partial charge on any atom is 0.317 e. The van der Waals surface area contributed by atoms with E-state index in [1.54, 1.807) is 0 Å². The van der Waals surface area contributed by atoms with Crippen LogP contribution in [0.4, 0.5) is 0 Å². The molecule has 0 heterocycles. The van der Waals surface area contributed by atoms with Crippen molar-refractivity contribution >= 4 is 20.1 Å². The van der Waals surface area contributed by atoms with Gasteiger partial charge in [0.15, 0.2) is 20.7 Å². The predicted octanol–water partition coefficient (Wildman–Crippen LogP) is 4.19. The van der Waals surface area contributed by atoms with Crippen LogP contribution in [-0.4, -0.2) is 32.8 Å². The first-order valence-electron chi connectivity index (χ1n) is 9.66. The van der Waals surface area contributed by atoms with Gasteiger partial charge in [0.2, 0.25) is 0 Å². The summed E-state index contributed by atoms with van der Waals surface area (Å²) in [5.74, 6) is 1.54. The van der Waals surface area contributed by atoms with Crippen LogP contribution in [0.3, 0.4) is 0 Å². The Hall–Kier alpha value is -1.12. The molecule has 2 fully saturated rings. The number of terminal acetylenes is 1. The molecule has 0 saturated heterocycles. The van der Waals surface area contributed by atoms with Crippen molar-refractivity contribution in [3.63, 3.8) is 0 Å². The Morgan fingerprint density at radius 2 is 1.92 bits per heavy atom. The summed E-state index contributed by atoms with van der Waals surface area (Å²) in [6.07, 6.45) is 7.60. The van der Waals surface area contributed by atoms with E-state index in [4.69, 9.17) is 15.6 Å². The number of fused-ring (bicyclic) bond motifs is 1. The summed E-state index contributed by atoms with van der Waals surface area (Å²) >= 11 is 0. The molecule has 0 aromatic carbocycles. The van der Waals surface area contributed by atoms with Crippen LogP contribution in [-0.2, 0) is 18.8 Å². The number of hydrogen-bond acceptors (Lipinski definition) is 4. The number of carbonyl (C=O) groups is 2. The molecular formula is C21H34O4Si. The van der Waals surface area contributed by atoms with Gasteiger partial charge in [-0.15, -0.1) is 6.42 Å². The monoisotopic (exact) mass is 378 g/mol. The molecule has 0 bridgehead atoms. The zero-order chi connectivity index (χ0) is 19.9. The first-order chi connectivity index (χ1) is 11.8. The first kappa shape index (κ1) is 21.2. The zero-order valence-corrected chi connectivity index (χ0v) is 18.3. The molecule has 0 aromatic rings. The number of rotatable bonds is 4. The molecule has 2 rings (SSSR count). The Bertz CT molecular complexity index is 612. The molecule has 0 radical (unpaired) electrons. The smallest absolute Gasteiger partial charge is 0.317 e. The molecule has 1 unspecified atom stereocenters. The van der Waals surface area contributed by atoms with Crippen molar-refractivity contribution in [3.8, 4) is 12.3 Å². The van der Waals surface area contributed by atoms with E-state index in [9.17, 15) is 9.59 Å². The van der Waals surface area contributed by atoms with Gasteiger partial charge < -0.3 is 9.16 Å². The summed E-state index contributed by atoms with van der Waals surface area (Å²) in [7, 11) is -1.86. The minimum absolute atomic E-state index is 0.0304. The van der Waals surface area contributed by atoms with Crippen molar-refractivity contribution in [1.82, 2.24) is 0 Å². The van der Waals surface area contributed by atoms with Gasteiger partial charge in [0.25, 0.3) is 0 Å². The van der Waals surface area contributed by atoms with Gasteiger partial charge in [0.05, 0.1) is 0 Å². The lowest BCUT2D eigenvalue weighted by Crippen LogP contribution is -2.50. The fourth-order valence-corrected chi connectivity index (χ4v) is 5.74. The number of ketones is 1. The zero-order valence-electron chi connectivity index (χ0n) is 17.3. The molecule has 2 aliphatic rings. The average molecular weight is 379 g/mol. The molecule has 146 valence electrons. The van der Waals surface area contributed by atoms with E-state index in [1.807, 2.05) is 6.92 Å². The molecule has 0 aromatic heterocycles. The third kappa shape index (κ3) is 3.64. The van der Waals surface area contributed by atoms with Crippen LogP contribution >= 0.6 is 0 Å². The fraction of sp³-hybridized carbons (Fsp3) is 0.810.